The molecule has 0 bridgehead atoms. The van der Waals surface area contributed by atoms with E-state index in [2.05, 4.69) is 5.32 Å². The number of rotatable bonds is 8. The van der Waals surface area contributed by atoms with E-state index < -0.39 is 5.97 Å². The average molecular weight is 412 g/mol. The summed E-state index contributed by atoms with van der Waals surface area (Å²) in [5.41, 5.74) is 1.51. The molecule has 1 N–H and O–H groups in total. The Bertz CT molecular complexity index is 923. The molecule has 0 aliphatic rings. The van der Waals surface area contributed by atoms with Gasteiger partial charge >= 0.3 is 5.97 Å². The lowest BCUT2D eigenvalue weighted by atomic mass is 10.2. The van der Waals surface area contributed by atoms with Crippen LogP contribution in [0.1, 0.15) is 23.0 Å². The fourth-order valence-corrected chi connectivity index (χ4v) is 4.45. The molecule has 0 unspecified atom stereocenters. The minimum absolute atomic E-state index is 0.119. The molecule has 144 valence electrons. The van der Waals surface area contributed by atoms with E-state index in [1.807, 2.05) is 66.7 Å². The van der Waals surface area contributed by atoms with Gasteiger partial charge in [0.05, 0.1) is 12.3 Å². The highest BCUT2D eigenvalue weighted by Gasteiger charge is 2.19. The minimum atomic E-state index is -0.413. The Labute approximate surface area is 172 Å². The highest BCUT2D eigenvalue weighted by Crippen LogP contribution is 2.35. The zero-order valence-corrected chi connectivity index (χ0v) is 17.1. The quantitative estimate of drug-likeness (QED) is 0.381. The molecule has 28 heavy (non-hydrogen) atoms. The Morgan fingerprint density at radius 2 is 1.71 bits per heavy atom. The second kappa shape index (κ2) is 10.1. The summed E-state index contributed by atoms with van der Waals surface area (Å²) in [6.45, 7) is 2.06. The van der Waals surface area contributed by atoms with Crippen molar-refractivity contribution in [3.05, 3.63) is 71.6 Å². The first-order valence-corrected chi connectivity index (χ1v) is 10.8. The van der Waals surface area contributed by atoms with Crippen LogP contribution in [0, 0.1) is 0 Å². The highest BCUT2D eigenvalue weighted by atomic mass is 32.2. The van der Waals surface area contributed by atoms with Crippen LogP contribution in [0.2, 0.25) is 0 Å². The van der Waals surface area contributed by atoms with Gasteiger partial charge in [-0.25, -0.2) is 4.79 Å². The Morgan fingerprint density at radius 1 is 1.04 bits per heavy atom. The van der Waals surface area contributed by atoms with Gasteiger partial charge in [-0.05, 0) is 30.7 Å². The van der Waals surface area contributed by atoms with Gasteiger partial charge in [0.25, 0.3) is 0 Å². The smallest absolute Gasteiger partial charge is 0.350 e. The molecule has 0 spiro atoms. The van der Waals surface area contributed by atoms with Crippen LogP contribution in [0.15, 0.2) is 71.6 Å². The van der Waals surface area contributed by atoms with Crippen LogP contribution in [-0.2, 0) is 9.53 Å². The molecule has 1 heterocycles. The highest BCUT2D eigenvalue weighted by molar-refractivity contribution is 7.99. The zero-order chi connectivity index (χ0) is 19.8. The van der Waals surface area contributed by atoms with E-state index >= 15 is 0 Å². The van der Waals surface area contributed by atoms with Gasteiger partial charge in [-0.3, -0.25) is 4.79 Å². The number of benzene rings is 2. The van der Waals surface area contributed by atoms with Crippen LogP contribution in [0.3, 0.4) is 0 Å². The predicted molar refractivity (Wildman–Crippen MR) is 116 cm³/mol. The van der Waals surface area contributed by atoms with Crippen molar-refractivity contribution in [2.75, 3.05) is 17.7 Å². The molecule has 1 aromatic heterocycles. The van der Waals surface area contributed by atoms with E-state index in [9.17, 15) is 9.59 Å². The molecule has 1 amide bonds. The van der Waals surface area contributed by atoms with Gasteiger partial charge in [0.15, 0.2) is 0 Å². The van der Waals surface area contributed by atoms with Gasteiger partial charge in [0.2, 0.25) is 5.91 Å². The SMILES string of the molecule is CCOC(=O)c1sc(-c2ccccc2)cc1NC(=O)CCSc1ccccc1. The second-order valence-corrected chi connectivity index (χ2v) is 8.12. The van der Waals surface area contributed by atoms with Crippen molar-refractivity contribution in [3.8, 4) is 10.4 Å². The summed E-state index contributed by atoms with van der Waals surface area (Å²) in [7, 11) is 0. The first kappa shape index (κ1) is 20.2. The molecule has 6 heteroatoms. The molecule has 2 aromatic carbocycles. The minimum Gasteiger partial charge on any atom is -0.462 e. The molecule has 0 saturated heterocycles. The van der Waals surface area contributed by atoms with Crippen molar-refractivity contribution >= 4 is 40.7 Å². The molecule has 0 saturated carbocycles. The standard InChI is InChI=1S/C22H21NO3S2/c1-2-26-22(25)21-18(15-19(28-21)16-9-5-3-6-10-16)23-20(24)13-14-27-17-11-7-4-8-12-17/h3-12,15H,2,13-14H2,1H3,(H,23,24). The van der Waals surface area contributed by atoms with Crippen LogP contribution in [-0.4, -0.2) is 24.2 Å². The van der Waals surface area contributed by atoms with Crippen LogP contribution < -0.4 is 5.32 Å². The zero-order valence-electron chi connectivity index (χ0n) is 15.5. The first-order valence-electron chi connectivity index (χ1n) is 9.01. The van der Waals surface area contributed by atoms with E-state index in [1.54, 1.807) is 18.7 Å². The largest absolute Gasteiger partial charge is 0.462 e. The number of carbonyl (C=O) groups excluding carboxylic acids is 2. The summed E-state index contributed by atoms with van der Waals surface area (Å²) in [6, 6.07) is 21.6. The van der Waals surface area contributed by atoms with Crippen molar-refractivity contribution in [2.24, 2.45) is 0 Å². The van der Waals surface area contributed by atoms with Gasteiger partial charge in [-0.2, -0.15) is 0 Å². The maximum atomic E-state index is 12.4. The maximum absolute atomic E-state index is 12.4. The predicted octanol–water partition coefficient (Wildman–Crippen LogP) is 5.71. The van der Waals surface area contributed by atoms with E-state index in [1.165, 1.54) is 11.3 Å². The summed E-state index contributed by atoms with van der Waals surface area (Å²) >= 11 is 2.96. The third kappa shape index (κ3) is 5.47. The Morgan fingerprint density at radius 3 is 2.39 bits per heavy atom. The Balaban J connectivity index is 1.69. The van der Waals surface area contributed by atoms with Gasteiger partial charge in [0, 0.05) is 21.9 Å². The number of amides is 1. The summed E-state index contributed by atoms with van der Waals surface area (Å²) < 4.78 is 5.15. The van der Waals surface area contributed by atoms with Gasteiger partial charge in [-0.1, -0.05) is 48.5 Å². The Kier molecular flexibility index (Phi) is 7.28. The van der Waals surface area contributed by atoms with Gasteiger partial charge < -0.3 is 10.1 Å². The Hall–Kier alpha value is -2.57. The fourth-order valence-electron chi connectivity index (χ4n) is 2.57. The fraction of sp³-hybridized carbons (Fsp3) is 0.182. The summed E-state index contributed by atoms with van der Waals surface area (Å²) in [5, 5.41) is 2.88. The number of hydrogen-bond donors (Lipinski definition) is 1. The molecule has 0 radical (unpaired) electrons. The molecule has 0 aliphatic carbocycles. The van der Waals surface area contributed by atoms with Crippen LogP contribution in [0.25, 0.3) is 10.4 Å². The second-order valence-electron chi connectivity index (χ2n) is 5.90. The summed E-state index contributed by atoms with van der Waals surface area (Å²) in [5.74, 6) is 0.135. The molecular weight excluding hydrogens is 390 g/mol. The summed E-state index contributed by atoms with van der Waals surface area (Å²) in [6.07, 6.45) is 0.359. The molecule has 4 nitrogen and oxygen atoms in total. The average Bonchev–Trinajstić information content (AvgIpc) is 3.13. The molecule has 0 atom stereocenters. The lowest BCUT2D eigenvalue weighted by Crippen LogP contribution is -2.14. The molecule has 3 aromatic rings. The molecule has 0 fully saturated rings. The lowest BCUT2D eigenvalue weighted by Gasteiger charge is -2.06. The van der Waals surface area contributed by atoms with Crippen LogP contribution in [0.5, 0.6) is 0 Å². The monoisotopic (exact) mass is 411 g/mol. The van der Waals surface area contributed by atoms with Crippen molar-refractivity contribution < 1.29 is 14.3 Å². The number of nitrogens with one attached hydrogen (secondary N) is 1. The van der Waals surface area contributed by atoms with Crippen molar-refractivity contribution in [3.63, 3.8) is 0 Å². The molecular formula is C22H21NO3S2. The molecule has 0 aliphatic heterocycles. The van der Waals surface area contributed by atoms with Gasteiger partial charge in [-0.15, -0.1) is 23.1 Å². The lowest BCUT2D eigenvalue weighted by molar-refractivity contribution is -0.115. The third-order valence-electron chi connectivity index (χ3n) is 3.87. The third-order valence-corrected chi connectivity index (χ3v) is 6.04. The topological polar surface area (TPSA) is 55.4 Å². The first-order chi connectivity index (χ1) is 13.7. The van der Waals surface area contributed by atoms with Crippen molar-refractivity contribution in [1.82, 2.24) is 0 Å². The number of hydrogen-bond acceptors (Lipinski definition) is 5. The number of ether oxygens (including phenoxy) is 1. The van der Waals surface area contributed by atoms with E-state index in [0.29, 0.717) is 29.3 Å². The number of thiophene rings is 1. The normalized spacial score (nSPS) is 10.5. The van der Waals surface area contributed by atoms with Crippen molar-refractivity contribution in [1.29, 1.82) is 0 Å². The maximum Gasteiger partial charge on any atom is 0.350 e. The number of esters is 1. The number of thioether (sulfide) groups is 1. The van der Waals surface area contributed by atoms with Gasteiger partial charge in [0.1, 0.15) is 4.88 Å². The van der Waals surface area contributed by atoms with E-state index in [4.69, 9.17) is 4.74 Å². The van der Waals surface area contributed by atoms with Crippen LogP contribution >= 0.6 is 23.1 Å². The van der Waals surface area contributed by atoms with E-state index in [0.717, 1.165) is 15.3 Å². The van der Waals surface area contributed by atoms with E-state index in [-0.39, 0.29) is 5.91 Å². The van der Waals surface area contributed by atoms with Crippen LogP contribution in [0.4, 0.5) is 5.69 Å². The number of carbonyl (C=O) groups is 2. The number of anilines is 1. The molecule has 3 rings (SSSR count). The summed E-state index contributed by atoms with van der Waals surface area (Å²) in [4.78, 5) is 27.2. The van der Waals surface area contributed by atoms with Crippen molar-refractivity contribution in [2.45, 2.75) is 18.2 Å².